The van der Waals surface area contributed by atoms with E-state index in [0.717, 1.165) is 11.1 Å². The Morgan fingerprint density at radius 2 is 1.96 bits per heavy atom. The summed E-state index contributed by atoms with van der Waals surface area (Å²) in [5.74, 6) is -0.551. The quantitative estimate of drug-likeness (QED) is 0.715. The molecule has 0 unspecified atom stereocenters. The van der Waals surface area contributed by atoms with Crippen molar-refractivity contribution in [3.8, 4) is 0 Å². The number of benzene rings is 2. The molecular formula is C19H20N2O3. The molecule has 3 rings (SSSR count). The Kier molecular flexibility index (Phi) is 4.51. The lowest BCUT2D eigenvalue weighted by Crippen LogP contribution is -2.31. The summed E-state index contributed by atoms with van der Waals surface area (Å²) in [5.41, 5.74) is 3.47. The number of carbonyl (C=O) groups is 1. The summed E-state index contributed by atoms with van der Waals surface area (Å²) in [7, 11) is 0. The van der Waals surface area contributed by atoms with E-state index in [-0.39, 0.29) is 6.01 Å². The van der Waals surface area contributed by atoms with Crippen LogP contribution in [0.3, 0.4) is 0 Å². The summed E-state index contributed by atoms with van der Waals surface area (Å²) in [6.07, 6.45) is 0.353. The zero-order chi connectivity index (χ0) is 17.1. The molecule has 0 aliphatic carbocycles. The van der Waals surface area contributed by atoms with Gasteiger partial charge in [-0.3, -0.25) is 0 Å². The number of fused-ring (bicyclic) bond motifs is 1. The molecule has 1 atom stereocenters. The molecule has 0 aliphatic rings. The minimum absolute atomic E-state index is 0.231. The average molecular weight is 324 g/mol. The maximum absolute atomic E-state index is 11.5. The van der Waals surface area contributed by atoms with Gasteiger partial charge in [-0.2, -0.15) is 4.98 Å². The Labute approximate surface area is 140 Å². The largest absolute Gasteiger partial charge is 0.480 e. The number of hydrogen-bond acceptors (Lipinski definition) is 4. The van der Waals surface area contributed by atoms with Crippen molar-refractivity contribution in [1.29, 1.82) is 0 Å². The van der Waals surface area contributed by atoms with E-state index in [1.54, 1.807) is 0 Å². The van der Waals surface area contributed by atoms with Crippen molar-refractivity contribution in [2.45, 2.75) is 32.2 Å². The molecule has 0 amide bonds. The minimum atomic E-state index is -0.941. The molecule has 0 aliphatic heterocycles. The first-order valence-corrected chi connectivity index (χ1v) is 7.96. The van der Waals surface area contributed by atoms with Gasteiger partial charge < -0.3 is 14.8 Å². The molecule has 0 saturated carbocycles. The predicted molar refractivity (Wildman–Crippen MR) is 93.3 cm³/mol. The van der Waals surface area contributed by atoms with Crippen molar-refractivity contribution in [2.75, 3.05) is 5.32 Å². The Bertz CT molecular complexity index is 840. The van der Waals surface area contributed by atoms with Crippen LogP contribution >= 0.6 is 0 Å². The Morgan fingerprint density at radius 3 is 2.62 bits per heavy atom. The summed E-state index contributed by atoms with van der Waals surface area (Å²) in [6, 6.07) is 14.8. The average Bonchev–Trinajstić information content (AvgIpc) is 2.96. The predicted octanol–water partition coefficient (Wildman–Crippen LogP) is 4.06. The number of oxazole rings is 1. The van der Waals surface area contributed by atoms with Gasteiger partial charge in [0.2, 0.25) is 0 Å². The third-order valence-corrected chi connectivity index (χ3v) is 3.96. The highest BCUT2D eigenvalue weighted by Gasteiger charge is 2.20. The van der Waals surface area contributed by atoms with Gasteiger partial charge in [0.25, 0.3) is 6.01 Å². The van der Waals surface area contributed by atoms with Crippen LogP contribution in [0.5, 0.6) is 0 Å². The lowest BCUT2D eigenvalue weighted by atomic mass is 10.0. The van der Waals surface area contributed by atoms with Crippen LogP contribution in [0.1, 0.15) is 30.9 Å². The topological polar surface area (TPSA) is 75.4 Å². The fourth-order valence-corrected chi connectivity index (χ4v) is 2.56. The Hall–Kier alpha value is -2.82. The first-order valence-electron chi connectivity index (χ1n) is 7.96. The monoisotopic (exact) mass is 324 g/mol. The molecule has 0 radical (unpaired) electrons. The smallest absolute Gasteiger partial charge is 0.326 e. The van der Waals surface area contributed by atoms with Gasteiger partial charge >= 0.3 is 5.97 Å². The summed E-state index contributed by atoms with van der Waals surface area (Å²) in [5, 5.41) is 12.3. The second kappa shape index (κ2) is 6.74. The molecule has 0 saturated heterocycles. The van der Waals surface area contributed by atoms with Crippen LogP contribution in [0.15, 0.2) is 52.9 Å². The zero-order valence-electron chi connectivity index (χ0n) is 13.7. The molecule has 1 heterocycles. The van der Waals surface area contributed by atoms with Crippen LogP contribution in [0.25, 0.3) is 11.1 Å². The third-order valence-electron chi connectivity index (χ3n) is 3.96. The molecule has 1 aromatic heterocycles. The second-order valence-corrected chi connectivity index (χ2v) is 6.13. The summed E-state index contributed by atoms with van der Waals surface area (Å²) >= 11 is 0. The number of aromatic nitrogens is 1. The SMILES string of the molecule is CC(C)c1ccc2nc(N[C@@H](Cc3ccccc3)C(=O)O)oc2c1. The van der Waals surface area contributed by atoms with Crippen molar-refractivity contribution < 1.29 is 14.3 Å². The molecule has 0 fully saturated rings. The molecular weight excluding hydrogens is 304 g/mol. The minimum Gasteiger partial charge on any atom is -0.480 e. The van der Waals surface area contributed by atoms with E-state index >= 15 is 0 Å². The van der Waals surface area contributed by atoms with Crippen LogP contribution in [0, 0.1) is 0 Å². The fourth-order valence-electron chi connectivity index (χ4n) is 2.56. The van der Waals surface area contributed by atoms with E-state index in [0.29, 0.717) is 23.4 Å². The molecule has 2 aromatic carbocycles. The lowest BCUT2D eigenvalue weighted by Gasteiger charge is -2.12. The number of aliphatic carboxylic acids is 1. The van der Waals surface area contributed by atoms with E-state index < -0.39 is 12.0 Å². The van der Waals surface area contributed by atoms with E-state index in [1.807, 2.05) is 48.5 Å². The highest BCUT2D eigenvalue weighted by atomic mass is 16.4. The van der Waals surface area contributed by atoms with Gasteiger partial charge in [0, 0.05) is 6.42 Å². The summed E-state index contributed by atoms with van der Waals surface area (Å²) < 4.78 is 5.69. The van der Waals surface area contributed by atoms with Crippen molar-refractivity contribution in [3.05, 3.63) is 59.7 Å². The molecule has 0 bridgehead atoms. The number of nitrogens with one attached hydrogen (secondary N) is 1. The number of carboxylic acid groups (broad SMARTS) is 1. The van der Waals surface area contributed by atoms with Gasteiger partial charge in [-0.1, -0.05) is 50.2 Å². The highest BCUT2D eigenvalue weighted by molar-refractivity contribution is 5.79. The van der Waals surface area contributed by atoms with Crippen molar-refractivity contribution in [2.24, 2.45) is 0 Å². The molecule has 0 spiro atoms. The maximum atomic E-state index is 11.5. The molecule has 5 nitrogen and oxygen atoms in total. The molecule has 5 heteroatoms. The van der Waals surface area contributed by atoms with Gasteiger partial charge in [0.15, 0.2) is 5.58 Å². The number of nitrogens with zero attached hydrogens (tertiary/aromatic N) is 1. The summed E-state index contributed by atoms with van der Waals surface area (Å²) in [4.78, 5) is 15.9. The van der Waals surface area contributed by atoms with Gasteiger partial charge in [-0.15, -0.1) is 0 Å². The van der Waals surface area contributed by atoms with Crippen LogP contribution in [-0.2, 0) is 11.2 Å². The third kappa shape index (κ3) is 3.56. The second-order valence-electron chi connectivity index (χ2n) is 6.13. The number of rotatable bonds is 6. The Balaban J connectivity index is 1.82. The number of hydrogen-bond donors (Lipinski definition) is 2. The van der Waals surface area contributed by atoms with Gasteiger partial charge in [0.1, 0.15) is 11.6 Å². The van der Waals surface area contributed by atoms with Gasteiger partial charge in [-0.05, 0) is 29.2 Å². The molecule has 3 aromatic rings. The zero-order valence-corrected chi connectivity index (χ0v) is 13.7. The van der Waals surface area contributed by atoms with Crippen LogP contribution in [0.2, 0.25) is 0 Å². The lowest BCUT2D eigenvalue weighted by molar-refractivity contribution is -0.137. The highest BCUT2D eigenvalue weighted by Crippen LogP contribution is 2.24. The first-order chi connectivity index (χ1) is 11.5. The molecule has 2 N–H and O–H groups in total. The first kappa shape index (κ1) is 16.1. The van der Waals surface area contributed by atoms with Crippen molar-refractivity contribution in [1.82, 2.24) is 4.98 Å². The number of carboxylic acids is 1. The van der Waals surface area contributed by atoms with Crippen LogP contribution in [-0.4, -0.2) is 22.1 Å². The van der Waals surface area contributed by atoms with Crippen molar-refractivity contribution in [3.63, 3.8) is 0 Å². The Morgan fingerprint density at radius 1 is 1.21 bits per heavy atom. The van der Waals surface area contributed by atoms with Gasteiger partial charge in [-0.25, -0.2) is 4.79 Å². The summed E-state index contributed by atoms with van der Waals surface area (Å²) in [6.45, 7) is 4.22. The van der Waals surface area contributed by atoms with Crippen LogP contribution in [0.4, 0.5) is 6.01 Å². The number of anilines is 1. The van der Waals surface area contributed by atoms with E-state index in [1.165, 1.54) is 0 Å². The molecule has 24 heavy (non-hydrogen) atoms. The normalized spacial score (nSPS) is 12.5. The van der Waals surface area contributed by atoms with Crippen LogP contribution < -0.4 is 5.32 Å². The molecule has 124 valence electrons. The standard InChI is InChI=1S/C19H20N2O3/c1-12(2)14-8-9-15-17(11-14)24-19(20-15)21-16(18(22)23)10-13-6-4-3-5-7-13/h3-9,11-12,16H,10H2,1-2H3,(H,20,21)(H,22,23)/t16-/m0/s1. The van der Waals surface area contributed by atoms with Crippen molar-refractivity contribution >= 4 is 23.1 Å². The van der Waals surface area contributed by atoms with E-state index in [2.05, 4.69) is 24.1 Å². The van der Waals surface area contributed by atoms with Gasteiger partial charge in [0.05, 0.1) is 0 Å². The van der Waals surface area contributed by atoms with E-state index in [4.69, 9.17) is 4.42 Å². The fraction of sp³-hybridized carbons (Fsp3) is 0.263. The van der Waals surface area contributed by atoms with E-state index in [9.17, 15) is 9.90 Å². The maximum Gasteiger partial charge on any atom is 0.326 e.